The van der Waals surface area contributed by atoms with E-state index in [9.17, 15) is 0 Å². The minimum Gasteiger partial charge on any atom is -0.393 e. The van der Waals surface area contributed by atoms with Gasteiger partial charge in [-0.2, -0.15) is 0 Å². The van der Waals surface area contributed by atoms with E-state index >= 15 is 0 Å². The molecule has 0 amide bonds. The second kappa shape index (κ2) is 5.15. The molecule has 0 atom stereocenters. The number of hydrogen-bond acceptors (Lipinski definition) is 2. The van der Waals surface area contributed by atoms with E-state index in [-0.39, 0.29) is 0 Å². The van der Waals surface area contributed by atoms with E-state index in [0.717, 1.165) is 13.0 Å². The summed E-state index contributed by atoms with van der Waals surface area (Å²) in [5.41, 5.74) is 1.35. The SMILES string of the molecule is CC/C(=C\NC)N(C)CC. The Morgan fingerprint density at radius 3 is 2.40 bits per heavy atom. The molecule has 60 valence electrons. The lowest BCUT2D eigenvalue weighted by Crippen LogP contribution is -2.18. The highest BCUT2D eigenvalue weighted by Gasteiger charge is 1.96. The van der Waals surface area contributed by atoms with E-state index < -0.39 is 0 Å². The monoisotopic (exact) mass is 142 g/mol. The molecule has 1 N–H and O–H groups in total. The molecule has 10 heavy (non-hydrogen) atoms. The minimum absolute atomic E-state index is 1.07. The van der Waals surface area contributed by atoms with Crippen LogP contribution in [0.15, 0.2) is 11.9 Å². The fourth-order valence-electron chi connectivity index (χ4n) is 0.852. The molecular weight excluding hydrogens is 124 g/mol. The van der Waals surface area contributed by atoms with Crippen molar-refractivity contribution < 1.29 is 0 Å². The zero-order valence-electron chi connectivity index (χ0n) is 7.44. The third-order valence-corrected chi connectivity index (χ3v) is 1.64. The quantitative estimate of drug-likeness (QED) is 0.638. The van der Waals surface area contributed by atoms with Crippen molar-refractivity contribution in [3.05, 3.63) is 11.9 Å². The van der Waals surface area contributed by atoms with E-state index in [4.69, 9.17) is 0 Å². The molecule has 0 heterocycles. The van der Waals surface area contributed by atoms with E-state index in [0.29, 0.717) is 0 Å². The van der Waals surface area contributed by atoms with Gasteiger partial charge in [0.1, 0.15) is 0 Å². The van der Waals surface area contributed by atoms with Crippen molar-refractivity contribution in [2.75, 3.05) is 20.6 Å². The summed E-state index contributed by atoms with van der Waals surface area (Å²) in [4.78, 5) is 2.23. The van der Waals surface area contributed by atoms with Crippen LogP contribution < -0.4 is 5.32 Å². The highest BCUT2D eigenvalue weighted by molar-refractivity contribution is 4.97. The van der Waals surface area contributed by atoms with Crippen molar-refractivity contribution in [3.8, 4) is 0 Å². The average molecular weight is 142 g/mol. The topological polar surface area (TPSA) is 15.3 Å². The summed E-state index contributed by atoms with van der Waals surface area (Å²) >= 11 is 0. The second-order valence-electron chi connectivity index (χ2n) is 2.29. The number of nitrogens with zero attached hydrogens (tertiary/aromatic N) is 1. The maximum absolute atomic E-state index is 3.03. The molecule has 0 rings (SSSR count). The van der Waals surface area contributed by atoms with Crippen molar-refractivity contribution in [2.45, 2.75) is 20.3 Å². The molecule has 0 fully saturated rings. The van der Waals surface area contributed by atoms with Crippen LogP contribution in [0, 0.1) is 0 Å². The lowest BCUT2D eigenvalue weighted by atomic mass is 10.3. The molecule has 0 saturated heterocycles. The molecule has 0 aliphatic carbocycles. The van der Waals surface area contributed by atoms with Crippen LogP contribution in [0.1, 0.15) is 20.3 Å². The van der Waals surface area contributed by atoms with Gasteiger partial charge in [-0.05, 0) is 13.3 Å². The summed E-state index contributed by atoms with van der Waals surface area (Å²) in [7, 11) is 4.03. The van der Waals surface area contributed by atoms with Gasteiger partial charge in [-0.3, -0.25) is 0 Å². The first-order valence-electron chi connectivity index (χ1n) is 3.83. The van der Waals surface area contributed by atoms with Crippen molar-refractivity contribution >= 4 is 0 Å². The molecule has 0 aliphatic heterocycles. The number of nitrogens with one attached hydrogen (secondary N) is 1. The molecule has 0 spiro atoms. The summed E-state index contributed by atoms with van der Waals surface area (Å²) in [6.45, 7) is 5.38. The molecule has 0 aromatic rings. The molecule has 0 aromatic heterocycles. The maximum Gasteiger partial charge on any atom is 0.0286 e. The molecule has 2 nitrogen and oxygen atoms in total. The lowest BCUT2D eigenvalue weighted by molar-refractivity contribution is 0.425. The molecule has 0 bridgehead atoms. The van der Waals surface area contributed by atoms with Crippen LogP contribution in [-0.2, 0) is 0 Å². The van der Waals surface area contributed by atoms with Gasteiger partial charge in [0.15, 0.2) is 0 Å². The third kappa shape index (κ3) is 2.76. The van der Waals surface area contributed by atoms with E-state index in [1.54, 1.807) is 0 Å². The van der Waals surface area contributed by atoms with Gasteiger partial charge in [0.2, 0.25) is 0 Å². The average Bonchev–Trinajstić information content (AvgIpc) is 1.99. The Bertz CT molecular complexity index is 108. The fraction of sp³-hybridized carbons (Fsp3) is 0.750. The van der Waals surface area contributed by atoms with Crippen LogP contribution in [0.2, 0.25) is 0 Å². The molecular formula is C8H18N2. The largest absolute Gasteiger partial charge is 0.393 e. The van der Waals surface area contributed by atoms with Gasteiger partial charge in [0.25, 0.3) is 0 Å². The summed E-state index contributed by atoms with van der Waals surface area (Å²) < 4.78 is 0. The zero-order chi connectivity index (χ0) is 7.98. The number of rotatable bonds is 4. The predicted octanol–water partition coefficient (Wildman–Crippen LogP) is 1.41. The zero-order valence-corrected chi connectivity index (χ0v) is 7.44. The molecule has 0 saturated carbocycles. The Balaban J connectivity index is 3.92. The molecule has 0 unspecified atom stereocenters. The van der Waals surface area contributed by atoms with Gasteiger partial charge >= 0.3 is 0 Å². The maximum atomic E-state index is 3.03. The molecule has 0 aromatic carbocycles. The van der Waals surface area contributed by atoms with Gasteiger partial charge in [-0.15, -0.1) is 0 Å². The van der Waals surface area contributed by atoms with Crippen molar-refractivity contribution in [1.82, 2.24) is 10.2 Å². The van der Waals surface area contributed by atoms with E-state index in [2.05, 4.69) is 31.1 Å². The number of hydrogen-bond donors (Lipinski definition) is 1. The van der Waals surface area contributed by atoms with Crippen molar-refractivity contribution in [1.29, 1.82) is 0 Å². The Morgan fingerprint density at radius 1 is 1.50 bits per heavy atom. The van der Waals surface area contributed by atoms with Crippen LogP contribution in [0.3, 0.4) is 0 Å². The first kappa shape index (κ1) is 9.34. The fourth-order valence-corrected chi connectivity index (χ4v) is 0.852. The smallest absolute Gasteiger partial charge is 0.0286 e. The molecule has 0 aliphatic rings. The van der Waals surface area contributed by atoms with Gasteiger partial charge < -0.3 is 10.2 Å². The van der Waals surface area contributed by atoms with Crippen LogP contribution in [0.25, 0.3) is 0 Å². The lowest BCUT2D eigenvalue weighted by Gasteiger charge is -2.19. The molecule has 0 radical (unpaired) electrons. The van der Waals surface area contributed by atoms with Gasteiger partial charge in [0, 0.05) is 32.5 Å². The third-order valence-electron chi connectivity index (χ3n) is 1.64. The highest BCUT2D eigenvalue weighted by Crippen LogP contribution is 2.02. The first-order valence-corrected chi connectivity index (χ1v) is 3.83. The minimum atomic E-state index is 1.07. The summed E-state index contributed by atoms with van der Waals surface area (Å²) in [5, 5.41) is 3.03. The summed E-state index contributed by atoms with van der Waals surface area (Å²) in [6.07, 6.45) is 3.13. The van der Waals surface area contributed by atoms with Crippen LogP contribution in [-0.4, -0.2) is 25.5 Å². The normalized spacial score (nSPS) is 11.4. The van der Waals surface area contributed by atoms with Gasteiger partial charge in [-0.1, -0.05) is 6.92 Å². The van der Waals surface area contributed by atoms with Crippen molar-refractivity contribution in [2.24, 2.45) is 0 Å². The van der Waals surface area contributed by atoms with Crippen molar-refractivity contribution in [3.63, 3.8) is 0 Å². The summed E-state index contributed by atoms with van der Waals surface area (Å²) in [6, 6.07) is 0. The molecule has 2 heteroatoms. The Labute approximate surface area is 63.9 Å². The summed E-state index contributed by atoms with van der Waals surface area (Å²) in [5.74, 6) is 0. The van der Waals surface area contributed by atoms with E-state index in [1.807, 2.05) is 13.2 Å². The van der Waals surface area contributed by atoms with Crippen LogP contribution >= 0.6 is 0 Å². The van der Waals surface area contributed by atoms with Crippen LogP contribution in [0.4, 0.5) is 0 Å². The van der Waals surface area contributed by atoms with Crippen LogP contribution in [0.5, 0.6) is 0 Å². The Hall–Kier alpha value is -0.660. The second-order valence-corrected chi connectivity index (χ2v) is 2.29. The highest BCUT2D eigenvalue weighted by atomic mass is 15.1. The first-order chi connectivity index (χ1) is 4.76. The van der Waals surface area contributed by atoms with Gasteiger partial charge in [-0.25, -0.2) is 0 Å². The standard InChI is InChI=1S/C8H18N2/c1-5-8(7-9-3)10(4)6-2/h7,9H,5-6H2,1-4H3/b8-7+. The van der Waals surface area contributed by atoms with Gasteiger partial charge in [0.05, 0.1) is 0 Å². The Morgan fingerprint density at radius 2 is 2.10 bits per heavy atom. The van der Waals surface area contributed by atoms with E-state index in [1.165, 1.54) is 5.70 Å². The Kier molecular flexibility index (Phi) is 4.81. The number of allylic oxidation sites excluding steroid dienone is 1. The predicted molar refractivity (Wildman–Crippen MR) is 45.7 cm³/mol.